The van der Waals surface area contributed by atoms with Gasteiger partial charge in [-0.15, -0.1) is 0 Å². The van der Waals surface area contributed by atoms with Gasteiger partial charge in [0.05, 0.1) is 12.8 Å². The average Bonchev–Trinajstić information content (AvgIpc) is 2.84. The molecule has 0 bridgehead atoms. The lowest BCUT2D eigenvalue weighted by Gasteiger charge is -2.32. The Morgan fingerprint density at radius 3 is 1.11 bits per heavy atom. The Morgan fingerprint density at radius 2 is 0.838 bits per heavy atom. The second kappa shape index (κ2) is 16.4. The minimum absolute atomic E-state index is 0.0323. The van der Waals surface area contributed by atoms with E-state index in [2.05, 4.69) is 41.5 Å². The van der Waals surface area contributed by atoms with E-state index in [1.807, 2.05) is 20.8 Å². The van der Waals surface area contributed by atoms with Crippen LogP contribution in [0.2, 0.25) is 0 Å². The standard InChI is InChI=1S/C30H56O7/c1-13-18(4)21(7)24(10)35-27(31)16-30(34,29(33)37-26(12)23(9)20(6)15-3)17-28(32)36-25(11)22(8)19(5)14-2/h18-26,34H,13-17H2,1-12H3. The fourth-order valence-electron chi connectivity index (χ4n) is 4.29. The SMILES string of the molecule is CCC(C)C(C)C(C)OC(=O)CC(O)(CC(=O)OC(C)C(C)C(C)CC)C(=O)OC(C)C(C)C(C)CC. The summed E-state index contributed by atoms with van der Waals surface area (Å²) in [5, 5.41) is 11.4. The van der Waals surface area contributed by atoms with E-state index in [-0.39, 0.29) is 23.7 Å². The van der Waals surface area contributed by atoms with Crippen molar-refractivity contribution >= 4 is 17.9 Å². The lowest BCUT2D eigenvalue weighted by atomic mass is 9.88. The van der Waals surface area contributed by atoms with E-state index >= 15 is 0 Å². The van der Waals surface area contributed by atoms with Crippen LogP contribution in [0, 0.1) is 35.5 Å². The predicted octanol–water partition coefficient (Wildman–Crippen LogP) is 6.34. The van der Waals surface area contributed by atoms with E-state index in [1.54, 1.807) is 20.8 Å². The Morgan fingerprint density at radius 1 is 0.568 bits per heavy atom. The summed E-state index contributed by atoms with van der Waals surface area (Å²) in [6.07, 6.45) is 0.0941. The Kier molecular flexibility index (Phi) is 15.6. The summed E-state index contributed by atoms with van der Waals surface area (Å²) in [5.41, 5.74) is -2.38. The topological polar surface area (TPSA) is 99.1 Å². The van der Waals surface area contributed by atoms with Crippen molar-refractivity contribution in [3.63, 3.8) is 0 Å². The highest BCUT2D eigenvalue weighted by molar-refractivity contribution is 5.90. The third kappa shape index (κ3) is 11.3. The average molecular weight is 529 g/mol. The van der Waals surface area contributed by atoms with Crippen molar-refractivity contribution in [2.75, 3.05) is 0 Å². The van der Waals surface area contributed by atoms with Gasteiger partial charge < -0.3 is 19.3 Å². The van der Waals surface area contributed by atoms with Crippen LogP contribution in [0.1, 0.15) is 115 Å². The van der Waals surface area contributed by atoms with E-state index in [0.717, 1.165) is 19.3 Å². The summed E-state index contributed by atoms with van der Waals surface area (Å²) in [5.74, 6) is -1.33. The van der Waals surface area contributed by atoms with Crippen molar-refractivity contribution in [1.82, 2.24) is 0 Å². The van der Waals surface area contributed by atoms with Crippen LogP contribution in [-0.4, -0.2) is 46.9 Å². The third-order valence-electron chi connectivity index (χ3n) is 9.03. The van der Waals surface area contributed by atoms with Crippen LogP contribution in [0.15, 0.2) is 0 Å². The summed E-state index contributed by atoms with van der Waals surface area (Å²) in [7, 11) is 0. The zero-order valence-corrected chi connectivity index (χ0v) is 25.6. The van der Waals surface area contributed by atoms with Crippen LogP contribution in [0.25, 0.3) is 0 Å². The Balaban J connectivity index is 5.71. The zero-order chi connectivity index (χ0) is 29.1. The van der Waals surface area contributed by atoms with Crippen molar-refractivity contribution < 1.29 is 33.7 Å². The van der Waals surface area contributed by atoms with Gasteiger partial charge in [-0.25, -0.2) is 4.79 Å². The summed E-state index contributed by atoms with van der Waals surface area (Å²) in [6.45, 7) is 23.8. The van der Waals surface area contributed by atoms with Crippen LogP contribution in [0.3, 0.4) is 0 Å². The number of rotatable bonds is 17. The molecule has 1 N–H and O–H groups in total. The molecule has 0 aliphatic carbocycles. The highest BCUT2D eigenvalue weighted by Gasteiger charge is 2.45. The summed E-state index contributed by atoms with van der Waals surface area (Å²) >= 11 is 0. The molecule has 218 valence electrons. The van der Waals surface area contributed by atoms with Gasteiger partial charge in [-0.1, -0.05) is 81.6 Å². The number of esters is 3. The molecule has 7 nitrogen and oxygen atoms in total. The van der Waals surface area contributed by atoms with Gasteiger partial charge in [-0.05, 0) is 56.3 Å². The molecule has 37 heavy (non-hydrogen) atoms. The minimum Gasteiger partial charge on any atom is -0.462 e. The summed E-state index contributed by atoms with van der Waals surface area (Å²) < 4.78 is 16.8. The number of ether oxygens (including phenoxy) is 3. The zero-order valence-electron chi connectivity index (χ0n) is 25.6. The lowest BCUT2D eigenvalue weighted by Crippen LogP contribution is -2.47. The van der Waals surface area contributed by atoms with Crippen LogP contribution in [-0.2, 0) is 28.6 Å². The van der Waals surface area contributed by atoms with Gasteiger partial charge >= 0.3 is 17.9 Å². The molecule has 0 saturated carbocycles. The fraction of sp³-hybridized carbons (Fsp3) is 0.900. The first-order valence-electron chi connectivity index (χ1n) is 14.4. The first-order valence-corrected chi connectivity index (χ1v) is 14.4. The maximum Gasteiger partial charge on any atom is 0.339 e. The van der Waals surface area contributed by atoms with Gasteiger partial charge in [0.1, 0.15) is 18.3 Å². The maximum absolute atomic E-state index is 13.2. The van der Waals surface area contributed by atoms with E-state index in [1.165, 1.54) is 0 Å². The van der Waals surface area contributed by atoms with Crippen molar-refractivity contribution in [2.45, 2.75) is 139 Å². The van der Waals surface area contributed by atoms with E-state index in [4.69, 9.17) is 14.2 Å². The molecule has 0 spiro atoms. The Hall–Kier alpha value is -1.63. The quantitative estimate of drug-likeness (QED) is 0.174. The van der Waals surface area contributed by atoms with Crippen molar-refractivity contribution in [3.8, 4) is 0 Å². The molecule has 0 aromatic heterocycles. The molecule has 0 rings (SSSR count). The van der Waals surface area contributed by atoms with Gasteiger partial charge in [-0.3, -0.25) is 9.59 Å². The predicted molar refractivity (Wildman–Crippen MR) is 147 cm³/mol. The first-order chi connectivity index (χ1) is 17.0. The molecule has 0 amide bonds. The summed E-state index contributed by atoms with van der Waals surface area (Å²) in [4.78, 5) is 38.9. The monoisotopic (exact) mass is 528 g/mol. The largest absolute Gasteiger partial charge is 0.462 e. The van der Waals surface area contributed by atoms with E-state index in [0.29, 0.717) is 11.8 Å². The number of carbonyl (C=O) groups excluding carboxylic acids is 3. The van der Waals surface area contributed by atoms with Crippen LogP contribution in [0.4, 0.5) is 0 Å². The molecule has 0 aliphatic rings. The molecule has 0 aromatic rings. The molecule has 9 unspecified atom stereocenters. The smallest absolute Gasteiger partial charge is 0.339 e. The molecular formula is C30H56O7. The van der Waals surface area contributed by atoms with Crippen LogP contribution in [0.5, 0.6) is 0 Å². The second-order valence-corrected chi connectivity index (χ2v) is 11.6. The van der Waals surface area contributed by atoms with Crippen molar-refractivity contribution in [1.29, 1.82) is 0 Å². The summed E-state index contributed by atoms with van der Waals surface area (Å²) in [6, 6.07) is 0. The van der Waals surface area contributed by atoms with Gasteiger partial charge in [0.15, 0.2) is 5.60 Å². The number of aliphatic hydroxyl groups is 1. The van der Waals surface area contributed by atoms with Gasteiger partial charge in [0.25, 0.3) is 0 Å². The molecule has 9 atom stereocenters. The number of carbonyl (C=O) groups is 3. The third-order valence-corrected chi connectivity index (χ3v) is 9.03. The molecule has 0 aromatic carbocycles. The second-order valence-electron chi connectivity index (χ2n) is 11.6. The molecule has 0 heterocycles. The lowest BCUT2D eigenvalue weighted by molar-refractivity contribution is -0.186. The minimum atomic E-state index is -2.38. The molecule has 0 radical (unpaired) electrons. The normalized spacial score (nSPS) is 20.7. The number of hydrogen-bond acceptors (Lipinski definition) is 7. The fourth-order valence-corrected chi connectivity index (χ4v) is 4.29. The van der Waals surface area contributed by atoms with E-state index in [9.17, 15) is 19.5 Å². The van der Waals surface area contributed by atoms with Gasteiger partial charge in [0.2, 0.25) is 0 Å². The molecular weight excluding hydrogens is 472 g/mol. The van der Waals surface area contributed by atoms with Gasteiger partial charge in [0, 0.05) is 0 Å². The Labute approximate surface area is 226 Å². The van der Waals surface area contributed by atoms with Crippen molar-refractivity contribution in [2.24, 2.45) is 35.5 Å². The first kappa shape index (κ1) is 35.4. The number of hydrogen-bond donors (Lipinski definition) is 1. The Bertz CT molecular complexity index is 668. The van der Waals surface area contributed by atoms with Crippen LogP contribution >= 0.6 is 0 Å². The highest BCUT2D eigenvalue weighted by Crippen LogP contribution is 2.28. The highest BCUT2D eigenvalue weighted by atomic mass is 16.6. The molecule has 0 saturated heterocycles. The van der Waals surface area contributed by atoms with Gasteiger partial charge in [-0.2, -0.15) is 0 Å². The maximum atomic E-state index is 13.2. The molecule has 7 heteroatoms. The molecule has 0 aliphatic heterocycles. The van der Waals surface area contributed by atoms with E-state index < -0.39 is 54.7 Å². The van der Waals surface area contributed by atoms with Crippen LogP contribution < -0.4 is 0 Å². The van der Waals surface area contributed by atoms with Crippen molar-refractivity contribution in [3.05, 3.63) is 0 Å². The molecule has 0 fully saturated rings.